The lowest BCUT2D eigenvalue weighted by Gasteiger charge is -2.21. The summed E-state index contributed by atoms with van der Waals surface area (Å²) in [6.07, 6.45) is 37.9. The second kappa shape index (κ2) is 54.3. The molecule has 0 aliphatic carbocycles. The highest BCUT2D eigenvalue weighted by Gasteiger charge is 2.30. The van der Waals surface area contributed by atoms with Gasteiger partial charge in [-0.05, 0) is 25.7 Å². The number of phosphoric acid groups is 2. The summed E-state index contributed by atoms with van der Waals surface area (Å²) in [5.41, 5.74) is 0. The van der Waals surface area contributed by atoms with Gasteiger partial charge in [-0.2, -0.15) is 0 Å². The topological polar surface area (TPSA) is 237 Å². The zero-order valence-electron chi connectivity index (χ0n) is 49.6. The van der Waals surface area contributed by atoms with Crippen molar-refractivity contribution in [2.45, 2.75) is 316 Å². The van der Waals surface area contributed by atoms with E-state index in [1.165, 1.54) is 116 Å². The zero-order valence-corrected chi connectivity index (χ0v) is 51.4. The van der Waals surface area contributed by atoms with E-state index < -0.39 is 97.5 Å². The minimum absolute atomic E-state index is 0.104. The number of aliphatic hydroxyl groups is 1. The molecule has 0 amide bonds. The van der Waals surface area contributed by atoms with E-state index in [2.05, 4.69) is 27.7 Å². The van der Waals surface area contributed by atoms with E-state index in [-0.39, 0.29) is 25.7 Å². The van der Waals surface area contributed by atoms with Crippen molar-refractivity contribution in [2.24, 2.45) is 0 Å². The Bertz CT molecular complexity index is 1520. The molecule has 3 N–H and O–H groups in total. The van der Waals surface area contributed by atoms with Crippen LogP contribution in [0.5, 0.6) is 0 Å². The molecule has 0 bridgehead atoms. The van der Waals surface area contributed by atoms with Crippen LogP contribution in [0.4, 0.5) is 0 Å². The number of carbonyl (C=O) groups excluding carboxylic acids is 4. The number of unbranched alkanes of at least 4 members (excludes halogenated alkanes) is 34. The van der Waals surface area contributed by atoms with Gasteiger partial charge in [0.25, 0.3) is 0 Å². The van der Waals surface area contributed by atoms with Crippen molar-refractivity contribution >= 4 is 39.5 Å². The van der Waals surface area contributed by atoms with Gasteiger partial charge >= 0.3 is 39.5 Å². The molecule has 0 saturated carbocycles. The predicted octanol–water partition coefficient (Wildman–Crippen LogP) is 16.0. The van der Waals surface area contributed by atoms with Gasteiger partial charge in [0.15, 0.2) is 12.2 Å². The van der Waals surface area contributed by atoms with Gasteiger partial charge < -0.3 is 33.8 Å². The van der Waals surface area contributed by atoms with Gasteiger partial charge in [0, 0.05) is 25.7 Å². The molecule has 2 unspecified atom stereocenters. The summed E-state index contributed by atoms with van der Waals surface area (Å²) < 4.78 is 67.5. The maximum absolute atomic E-state index is 12.9. The van der Waals surface area contributed by atoms with Crippen molar-refractivity contribution < 1.29 is 80.2 Å². The fourth-order valence-corrected chi connectivity index (χ4v) is 10.3. The van der Waals surface area contributed by atoms with Gasteiger partial charge in [0.1, 0.15) is 19.3 Å². The molecule has 0 saturated heterocycles. The number of ether oxygens (including phenoxy) is 4. The Balaban J connectivity index is 5.16. The summed E-state index contributed by atoms with van der Waals surface area (Å²) in [7, 11) is -9.86. The van der Waals surface area contributed by atoms with Crippen molar-refractivity contribution in [1.82, 2.24) is 0 Å². The van der Waals surface area contributed by atoms with Crippen LogP contribution in [0.3, 0.4) is 0 Å². The highest BCUT2D eigenvalue weighted by atomic mass is 31.2. The highest BCUT2D eigenvalue weighted by molar-refractivity contribution is 7.47. The van der Waals surface area contributed by atoms with E-state index in [1.54, 1.807) is 0 Å². The van der Waals surface area contributed by atoms with E-state index in [4.69, 9.17) is 37.0 Å². The van der Waals surface area contributed by atoms with Crippen LogP contribution < -0.4 is 0 Å². The van der Waals surface area contributed by atoms with E-state index in [0.29, 0.717) is 25.7 Å². The van der Waals surface area contributed by atoms with E-state index >= 15 is 0 Å². The molecule has 78 heavy (non-hydrogen) atoms. The van der Waals surface area contributed by atoms with Crippen molar-refractivity contribution in [3.63, 3.8) is 0 Å². The molecule has 5 atom stereocenters. The molecule has 0 rings (SSSR count). The molecule has 0 spiro atoms. The number of hydrogen-bond donors (Lipinski definition) is 3. The summed E-state index contributed by atoms with van der Waals surface area (Å²) in [4.78, 5) is 71.6. The van der Waals surface area contributed by atoms with E-state index in [9.17, 15) is 43.2 Å². The van der Waals surface area contributed by atoms with Crippen LogP contribution in [0, 0.1) is 0 Å². The Morgan fingerprint density at radius 3 is 0.756 bits per heavy atom. The molecule has 0 aromatic heterocycles. The first-order valence-electron chi connectivity index (χ1n) is 31.3. The zero-order chi connectivity index (χ0) is 57.6. The minimum atomic E-state index is -4.94. The first kappa shape index (κ1) is 76.1. The van der Waals surface area contributed by atoms with Gasteiger partial charge in [0.05, 0.1) is 26.4 Å². The van der Waals surface area contributed by atoms with E-state index in [0.717, 1.165) is 103 Å². The van der Waals surface area contributed by atoms with Crippen LogP contribution in [-0.2, 0) is 65.4 Å². The average Bonchev–Trinajstić information content (AvgIpc) is 3.41. The summed E-state index contributed by atoms with van der Waals surface area (Å²) in [6, 6.07) is 0. The quantitative estimate of drug-likeness (QED) is 0.0222. The molecule has 0 aliphatic rings. The summed E-state index contributed by atoms with van der Waals surface area (Å²) in [6.45, 7) is 4.74. The Kier molecular flexibility index (Phi) is 53.0. The monoisotopic (exact) mass is 1160 g/mol. The second-order valence-corrected chi connectivity index (χ2v) is 24.3. The lowest BCUT2D eigenvalue weighted by atomic mass is 10.0. The van der Waals surface area contributed by atoms with Crippen LogP contribution in [0.15, 0.2) is 0 Å². The number of carbonyl (C=O) groups is 4. The molecular formula is C59H114O17P2. The number of rotatable bonds is 60. The maximum atomic E-state index is 12.9. The van der Waals surface area contributed by atoms with Gasteiger partial charge in [-0.3, -0.25) is 37.3 Å². The van der Waals surface area contributed by atoms with Crippen LogP contribution in [0.1, 0.15) is 297 Å². The Morgan fingerprint density at radius 1 is 0.308 bits per heavy atom. The molecule has 0 radical (unpaired) electrons. The second-order valence-electron chi connectivity index (χ2n) is 21.4. The third-order valence-electron chi connectivity index (χ3n) is 13.6. The van der Waals surface area contributed by atoms with Gasteiger partial charge in [-0.25, -0.2) is 9.13 Å². The molecule has 19 heteroatoms. The van der Waals surface area contributed by atoms with Crippen LogP contribution >= 0.6 is 15.6 Å². The lowest BCUT2D eigenvalue weighted by Crippen LogP contribution is -2.30. The molecule has 0 heterocycles. The summed E-state index contributed by atoms with van der Waals surface area (Å²) in [5, 5.41) is 10.5. The molecular weight excluding hydrogens is 1040 g/mol. The maximum Gasteiger partial charge on any atom is 0.472 e. The molecule has 0 aromatic carbocycles. The van der Waals surface area contributed by atoms with Crippen LogP contribution in [0.25, 0.3) is 0 Å². The van der Waals surface area contributed by atoms with Crippen LogP contribution in [0.2, 0.25) is 0 Å². The molecule has 0 fully saturated rings. The van der Waals surface area contributed by atoms with Crippen molar-refractivity contribution in [2.75, 3.05) is 39.6 Å². The highest BCUT2D eigenvalue weighted by Crippen LogP contribution is 2.45. The minimum Gasteiger partial charge on any atom is -0.462 e. The van der Waals surface area contributed by atoms with Crippen molar-refractivity contribution in [3.8, 4) is 0 Å². The summed E-state index contributed by atoms with van der Waals surface area (Å²) in [5.74, 6) is -2.15. The fraction of sp³-hybridized carbons (Fsp3) is 0.932. The van der Waals surface area contributed by atoms with Gasteiger partial charge in [0.2, 0.25) is 0 Å². The predicted molar refractivity (Wildman–Crippen MR) is 308 cm³/mol. The van der Waals surface area contributed by atoms with E-state index in [1.807, 2.05) is 0 Å². The number of aliphatic hydroxyl groups excluding tert-OH is 1. The fourth-order valence-electron chi connectivity index (χ4n) is 8.75. The number of phosphoric ester groups is 2. The standard InChI is InChI=1S/C59H114O17P2/c1-5-9-13-17-20-23-25-26-27-29-31-34-38-42-46-59(64)76-55(50-70-57(62)44-40-36-33-30-28-24-21-18-14-10-6-2)52-74-78(67,68)72-48-53(60)47-71-77(65,66)73-51-54(49-69-56(61)43-39-35-16-12-8-4)75-58(63)45-41-37-32-22-19-15-11-7-3/h53-55,60H,5-52H2,1-4H3,(H,65,66)(H,67,68)/t53-,54+,55+/m0/s1. The average molecular weight is 1160 g/mol. The smallest absolute Gasteiger partial charge is 0.462 e. The SMILES string of the molecule is CCCCCCCCCCCCCCCCC(=O)O[C@H](COC(=O)CCCCCCCCCCCCC)COP(=O)(O)OC[C@@H](O)COP(=O)(O)OC[C@@H](COC(=O)CCCCCCC)OC(=O)CCCCCCCCCC. The largest absolute Gasteiger partial charge is 0.472 e. The Hall–Kier alpha value is -1.94. The van der Waals surface area contributed by atoms with Crippen molar-refractivity contribution in [1.29, 1.82) is 0 Å². The first-order chi connectivity index (χ1) is 37.7. The van der Waals surface area contributed by atoms with Gasteiger partial charge in [-0.1, -0.05) is 246 Å². The lowest BCUT2D eigenvalue weighted by molar-refractivity contribution is -0.161. The first-order valence-corrected chi connectivity index (χ1v) is 34.3. The third kappa shape index (κ3) is 53.4. The summed E-state index contributed by atoms with van der Waals surface area (Å²) >= 11 is 0. The molecule has 462 valence electrons. The Labute approximate surface area is 473 Å². The Morgan fingerprint density at radius 2 is 0.513 bits per heavy atom. The number of esters is 4. The molecule has 0 aromatic rings. The van der Waals surface area contributed by atoms with Gasteiger partial charge in [-0.15, -0.1) is 0 Å². The van der Waals surface area contributed by atoms with Crippen LogP contribution in [-0.4, -0.2) is 96.7 Å². The third-order valence-corrected chi connectivity index (χ3v) is 15.5. The normalized spacial score (nSPS) is 14.3. The molecule has 17 nitrogen and oxygen atoms in total. The van der Waals surface area contributed by atoms with Crippen molar-refractivity contribution in [3.05, 3.63) is 0 Å². The number of hydrogen-bond acceptors (Lipinski definition) is 15. The molecule has 0 aliphatic heterocycles.